The molecule has 0 radical (unpaired) electrons. The van der Waals surface area contributed by atoms with Crippen molar-refractivity contribution >= 4 is 12.0 Å². The molecule has 0 unspecified atom stereocenters. The fourth-order valence-corrected chi connectivity index (χ4v) is 1.44. The minimum absolute atomic E-state index is 0.237. The van der Waals surface area contributed by atoms with E-state index in [9.17, 15) is 9.59 Å². The van der Waals surface area contributed by atoms with E-state index in [-0.39, 0.29) is 11.4 Å². The summed E-state index contributed by atoms with van der Waals surface area (Å²) in [5.41, 5.74) is 0.237. The second kappa shape index (κ2) is 5.18. The highest BCUT2D eigenvalue weighted by molar-refractivity contribution is 5.82. The van der Waals surface area contributed by atoms with Gasteiger partial charge in [0.15, 0.2) is 0 Å². The topological polar surface area (TPSA) is 78.4 Å². The second-order valence-corrected chi connectivity index (χ2v) is 4.82. The van der Waals surface area contributed by atoms with E-state index in [0.717, 1.165) is 19.3 Å². The number of amides is 2. The SMILES string of the molecule is CCC[C@H](NC(=O)NCC1(C)CC1)C(=O)O. The monoisotopic (exact) mass is 228 g/mol. The van der Waals surface area contributed by atoms with Crippen LogP contribution in [0.2, 0.25) is 0 Å². The van der Waals surface area contributed by atoms with Gasteiger partial charge in [0.2, 0.25) is 0 Å². The van der Waals surface area contributed by atoms with Crippen molar-refractivity contribution in [1.29, 1.82) is 0 Å². The first kappa shape index (κ1) is 12.8. The van der Waals surface area contributed by atoms with Crippen LogP contribution in [0.3, 0.4) is 0 Å². The fourth-order valence-electron chi connectivity index (χ4n) is 1.44. The van der Waals surface area contributed by atoms with E-state index in [1.165, 1.54) is 0 Å². The summed E-state index contributed by atoms with van der Waals surface area (Å²) >= 11 is 0. The van der Waals surface area contributed by atoms with Crippen LogP contribution < -0.4 is 10.6 Å². The lowest BCUT2D eigenvalue weighted by Crippen LogP contribution is -2.47. The molecule has 1 fully saturated rings. The largest absolute Gasteiger partial charge is 0.480 e. The van der Waals surface area contributed by atoms with Crippen molar-refractivity contribution in [2.75, 3.05) is 6.54 Å². The zero-order valence-corrected chi connectivity index (χ0v) is 9.88. The van der Waals surface area contributed by atoms with Gasteiger partial charge in [0.05, 0.1) is 0 Å². The first-order valence-electron chi connectivity index (χ1n) is 5.74. The maximum Gasteiger partial charge on any atom is 0.326 e. The number of nitrogens with one attached hydrogen (secondary N) is 2. The van der Waals surface area contributed by atoms with E-state index in [1.807, 2.05) is 6.92 Å². The molecule has 1 saturated carbocycles. The molecule has 0 saturated heterocycles. The zero-order valence-electron chi connectivity index (χ0n) is 9.88. The molecule has 5 heteroatoms. The fraction of sp³-hybridized carbons (Fsp3) is 0.818. The molecular formula is C11H20N2O3. The Morgan fingerprint density at radius 3 is 2.50 bits per heavy atom. The van der Waals surface area contributed by atoms with Crippen molar-refractivity contribution in [1.82, 2.24) is 10.6 Å². The maximum absolute atomic E-state index is 11.4. The molecule has 16 heavy (non-hydrogen) atoms. The van der Waals surface area contributed by atoms with Crippen LogP contribution in [-0.4, -0.2) is 29.7 Å². The van der Waals surface area contributed by atoms with Crippen LogP contribution in [0, 0.1) is 5.41 Å². The summed E-state index contributed by atoms with van der Waals surface area (Å²) in [5, 5.41) is 14.0. The Kier molecular flexibility index (Phi) is 4.15. The summed E-state index contributed by atoms with van der Waals surface area (Å²) in [7, 11) is 0. The predicted molar refractivity (Wildman–Crippen MR) is 60.2 cm³/mol. The molecule has 5 nitrogen and oxygen atoms in total. The van der Waals surface area contributed by atoms with Gasteiger partial charge in [-0.2, -0.15) is 0 Å². The van der Waals surface area contributed by atoms with Crippen molar-refractivity contribution in [3.8, 4) is 0 Å². The van der Waals surface area contributed by atoms with E-state index < -0.39 is 12.0 Å². The van der Waals surface area contributed by atoms with Crippen molar-refractivity contribution in [2.45, 2.75) is 45.6 Å². The van der Waals surface area contributed by atoms with Crippen molar-refractivity contribution in [2.24, 2.45) is 5.41 Å². The van der Waals surface area contributed by atoms with Gasteiger partial charge in [0.25, 0.3) is 0 Å². The number of rotatable bonds is 6. The van der Waals surface area contributed by atoms with Crippen LogP contribution in [0.4, 0.5) is 4.79 Å². The molecule has 0 aromatic rings. The number of urea groups is 1. The van der Waals surface area contributed by atoms with E-state index in [4.69, 9.17) is 5.11 Å². The van der Waals surface area contributed by atoms with Crippen LogP contribution in [0.5, 0.6) is 0 Å². The molecule has 0 spiro atoms. The highest BCUT2D eigenvalue weighted by atomic mass is 16.4. The standard InChI is InChI=1S/C11H20N2O3/c1-3-4-8(9(14)15)13-10(16)12-7-11(2)5-6-11/h8H,3-7H2,1-2H3,(H,14,15)(H2,12,13,16)/t8-/m0/s1. The van der Waals surface area contributed by atoms with Crippen LogP contribution >= 0.6 is 0 Å². The molecule has 3 N–H and O–H groups in total. The van der Waals surface area contributed by atoms with Crippen LogP contribution in [0.25, 0.3) is 0 Å². The smallest absolute Gasteiger partial charge is 0.326 e. The van der Waals surface area contributed by atoms with Gasteiger partial charge in [-0.15, -0.1) is 0 Å². The minimum Gasteiger partial charge on any atom is -0.480 e. The summed E-state index contributed by atoms with van der Waals surface area (Å²) in [6.45, 7) is 4.62. The number of carboxylic acid groups (broad SMARTS) is 1. The van der Waals surface area contributed by atoms with E-state index >= 15 is 0 Å². The third-order valence-electron chi connectivity index (χ3n) is 2.96. The lowest BCUT2D eigenvalue weighted by molar-refractivity contribution is -0.139. The highest BCUT2D eigenvalue weighted by Gasteiger charge is 2.37. The normalized spacial score (nSPS) is 18.6. The number of carboxylic acids is 1. The van der Waals surface area contributed by atoms with Crippen LogP contribution in [0.15, 0.2) is 0 Å². The zero-order chi connectivity index (χ0) is 12.2. The van der Waals surface area contributed by atoms with Gasteiger partial charge in [-0.3, -0.25) is 0 Å². The van der Waals surface area contributed by atoms with Crippen molar-refractivity contribution in [3.63, 3.8) is 0 Å². The number of hydrogen-bond acceptors (Lipinski definition) is 2. The Bertz CT molecular complexity index is 274. The summed E-state index contributed by atoms with van der Waals surface area (Å²) in [6.07, 6.45) is 3.45. The van der Waals surface area contributed by atoms with Gasteiger partial charge in [-0.25, -0.2) is 9.59 Å². The van der Waals surface area contributed by atoms with Gasteiger partial charge < -0.3 is 15.7 Å². The number of carbonyl (C=O) groups excluding carboxylic acids is 1. The molecule has 0 bridgehead atoms. The number of hydrogen-bond donors (Lipinski definition) is 3. The Balaban J connectivity index is 2.27. The maximum atomic E-state index is 11.4. The molecule has 1 aliphatic rings. The van der Waals surface area contributed by atoms with E-state index in [1.54, 1.807) is 0 Å². The predicted octanol–water partition coefficient (Wildman–Crippen LogP) is 1.34. The molecule has 0 aliphatic heterocycles. The molecule has 2 amide bonds. The molecule has 1 atom stereocenters. The van der Waals surface area contributed by atoms with E-state index in [0.29, 0.717) is 13.0 Å². The van der Waals surface area contributed by atoms with E-state index in [2.05, 4.69) is 17.6 Å². The quantitative estimate of drug-likeness (QED) is 0.642. The van der Waals surface area contributed by atoms with Gasteiger partial charge in [0, 0.05) is 6.54 Å². The number of aliphatic carboxylic acids is 1. The summed E-state index contributed by atoms with van der Waals surface area (Å²) in [4.78, 5) is 22.2. The Morgan fingerprint density at radius 1 is 1.44 bits per heavy atom. The second-order valence-electron chi connectivity index (χ2n) is 4.82. The average Bonchev–Trinajstić information content (AvgIpc) is 2.94. The Hall–Kier alpha value is -1.26. The first-order chi connectivity index (χ1) is 7.47. The highest BCUT2D eigenvalue weighted by Crippen LogP contribution is 2.43. The Labute approximate surface area is 95.6 Å². The van der Waals surface area contributed by atoms with Gasteiger partial charge in [-0.1, -0.05) is 20.3 Å². The minimum atomic E-state index is -0.977. The Morgan fingerprint density at radius 2 is 2.06 bits per heavy atom. The summed E-state index contributed by atoms with van der Waals surface area (Å²) < 4.78 is 0. The third kappa shape index (κ3) is 4.08. The first-order valence-corrected chi connectivity index (χ1v) is 5.74. The van der Waals surface area contributed by atoms with Crippen molar-refractivity contribution < 1.29 is 14.7 Å². The molecule has 1 rings (SSSR count). The van der Waals surface area contributed by atoms with Gasteiger partial charge in [0.1, 0.15) is 6.04 Å². The molecule has 0 aromatic heterocycles. The molecule has 92 valence electrons. The van der Waals surface area contributed by atoms with Crippen LogP contribution in [0.1, 0.15) is 39.5 Å². The molecule has 1 aliphatic carbocycles. The molecular weight excluding hydrogens is 208 g/mol. The molecule has 0 aromatic carbocycles. The summed E-state index contributed by atoms with van der Waals surface area (Å²) in [6, 6.07) is -1.16. The van der Waals surface area contributed by atoms with Gasteiger partial charge >= 0.3 is 12.0 Å². The number of carbonyl (C=O) groups is 2. The lowest BCUT2D eigenvalue weighted by atomic mass is 10.1. The summed E-state index contributed by atoms with van der Waals surface area (Å²) in [5.74, 6) is -0.977. The molecule has 0 heterocycles. The lowest BCUT2D eigenvalue weighted by Gasteiger charge is -2.15. The average molecular weight is 228 g/mol. The van der Waals surface area contributed by atoms with Crippen LogP contribution in [-0.2, 0) is 4.79 Å². The van der Waals surface area contributed by atoms with Gasteiger partial charge in [-0.05, 0) is 24.7 Å². The third-order valence-corrected chi connectivity index (χ3v) is 2.96. The van der Waals surface area contributed by atoms with Crippen molar-refractivity contribution in [3.05, 3.63) is 0 Å².